The maximum atomic E-state index is 12.8. The number of halogens is 1. The number of anilines is 1. The van der Waals surface area contributed by atoms with E-state index in [1.165, 1.54) is 18.9 Å². The molecule has 0 spiro atoms. The Kier molecular flexibility index (Phi) is 2.17. The summed E-state index contributed by atoms with van der Waals surface area (Å²) in [6.07, 6.45) is 2.36. The summed E-state index contributed by atoms with van der Waals surface area (Å²) >= 11 is 0. The third kappa shape index (κ3) is 1.64. The smallest absolute Gasteiger partial charge is 0.214 e. The first-order valence-corrected chi connectivity index (χ1v) is 4.66. The highest BCUT2D eigenvalue weighted by atomic mass is 19.1. The van der Waals surface area contributed by atoms with Crippen molar-refractivity contribution in [2.24, 2.45) is 0 Å². The van der Waals surface area contributed by atoms with Crippen LogP contribution in [0, 0.1) is 5.95 Å². The average molecular weight is 180 g/mol. The van der Waals surface area contributed by atoms with Crippen LogP contribution in [0.1, 0.15) is 19.8 Å². The van der Waals surface area contributed by atoms with Crippen LogP contribution in [0.25, 0.3) is 0 Å². The molecule has 1 aromatic heterocycles. The summed E-state index contributed by atoms with van der Waals surface area (Å²) in [7, 11) is 0. The van der Waals surface area contributed by atoms with Crippen LogP contribution in [0.2, 0.25) is 0 Å². The Balaban J connectivity index is 2.24. The van der Waals surface area contributed by atoms with Gasteiger partial charge in [0.05, 0.1) is 0 Å². The predicted molar refractivity (Wildman–Crippen MR) is 50.2 cm³/mol. The highest BCUT2D eigenvalue weighted by Crippen LogP contribution is 2.22. The Hall–Kier alpha value is -1.12. The van der Waals surface area contributed by atoms with Crippen molar-refractivity contribution in [3.05, 3.63) is 24.1 Å². The Morgan fingerprint density at radius 2 is 2.38 bits per heavy atom. The fraction of sp³-hybridized carbons (Fsp3) is 0.500. The summed E-state index contributed by atoms with van der Waals surface area (Å²) in [5.74, 6) is 0.376. The second kappa shape index (κ2) is 3.32. The molecule has 2 rings (SSSR count). The molecule has 1 unspecified atom stereocenters. The van der Waals surface area contributed by atoms with Gasteiger partial charge in [0, 0.05) is 12.6 Å². The van der Waals surface area contributed by atoms with Crippen LogP contribution in [-0.2, 0) is 0 Å². The van der Waals surface area contributed by atoms with Gasteiger partial charge in [-0.1, -0.05) is 6.07 Å². The molecule has 1 aliphatic heterocycles. The molecule has 1 atom stereocenters. The standard InChI is InChI=1S/C10H13FN2/c1-8-4-3-7-13(8)10-6-2-5-9(11)12-10/h2,5-6,8H,3-4,7H2,1H3. The van der Waals surface area contributed by atoms with Crippen molar-refractivity contribution in [1.82, 2.24) is 4.98 Å². The highest BCUT2D eigenvalue weighted by molar-refractivity contribution is 5.40. The van der Waals surface area contributed by atoms with Crippen molar-refractivity contribution >= 4 is 5.82 Å². The van der Waals surface area contributed by atoms with Crippen LogP contribution in [0.5, 0.6) is 0 Å². The Bertz CT molecular complexity index is 301. The highest BCUT2D eigenvalue weighted by Gasteiger charge is 2.21. The van der Waals surface area contributed by atoms with Gasteiger partial charge < -0.3 is 4.90 Å². The van der Waals surface area contributed by atoms with Crippen molar-refractivity contribution in [3.63, 3.8) is 0 Å². The maximum Gasteiger partial charge on any atom is 0.214 e. The number of nitrogens with zero attached hydrogens (tertiary/aromatic N) is 2. The first kappa shape index (κ1) is 8.48. The molecule has 2 heterocycles. The number of aromatic nitrogens is 1. The summed E-state index contributed by atoms with van der Waals surface area (Å²) in [5.41, 5.74) is 0. The van der Waals surface area contributed by atoms with E-state index < -0.39 is 5.95 Å². The van der Waals surface area contributed by atoms with Gasteiger partial charge in [0.25, 0.3) is 0 Å². The zero-order valence-corrected chi connectivity index (χ0v) is 7.70. The van der Waals surface area contributed by atoms with E-state index in [2.05, 4.69) is 16.8 Å². The molecule has 1 fully saturated rings. The van der Waals surface area contributed by atoms with Crippen LogP contribution in [-0.4, -0.2) is 17.6 Å². The quantitative estimate of drug-likeness (QED) is 0.616. The van der Waals surface area contributed by atoms with Crippen molar-refractivity contribution in [2.45, 2.75) is 25.8 Å². The molecular weight excluding hydrogens is 167 g/mol. The van der Waals surface area contributed by atoms with E-state index in [-0.39, 0.29) is 0 Å². The van der Waals surface area contributed by atoms with Crippen LogP contribution < -0.4 is 4.90 Å². The maximum absolute atomic E-state index is 12.8. The lowest BCUT2D eigenvalue weighted by atomic mass is 10.2. The molecule has 0 amide bonds. The van der Waals surface area contributed by atoms with Crippen molar-refractivity contribution in [2.75, 3.05) is 11.4 Å². The lowest BCUT2D eigenvalue weighted by molar-refractivity contribution is 0.579. The molecule has 1 aromatic rings. The average Bonchev–Trinajstić information content (AvgIpc) is 2.51. The number of hydrogen-bond acceptors (Lipinski definition) is 2. The second-order valence-electron chi connectivity index (χ2n) is 3.50. The molecule has 13 heavy (non-hydrogen) atoms. The van der Waals surface area contributed by atoms with E-state index in [1.807, 2.05) is 6.07 Å². The van der Waals surface area contributed by atoms with E-state index >= 15 is 0 Å². The number of rotatable bonds is 1. The van der Waals surface area contributed by atoms with Crippen molar-refractivity contribution in [1.29, 1.82) is 0 Å². The van der Waals surface area contributed by atoms with Gasteiger partial charge in [-0.05, 0) is 31.9 Å². The molecule has 2 nitrogen and oxygen atoms in total. The van der Waals surface area contributed by atoms with Gasteiger partial charge >= 0.3 is 0 Å². The van der Waals surface area contributed by atoms with Gasteiger partial charge in [-0.25, -0.2) is 4.98 Å². The van der Waals surface area contributed by atoms with E-state index in [4.69, 9.17) is 0 Å². The monoisotopic (exact) mass is 180 g/mol. The molecule has 0 N–H and O–H groups in total. The minimum atomic E-state index is -0.392. The topological polar surface area (TPSA) is 16.1 Å². The van der Waals surface area contributed by atoms with Crippen molar-refractivity contribution < 1.29 is 4.39 Å². The summed E-state index contributed by atoms with van der Waals surface area (Å²) in [6, 6.07) is 5.45. The molecule has 0 radical (unpaired) electrons. The first-order chi connectivity index (χ1) is 6.27. The van der Waals surface area contributed by atoms with Gasteiger partial charge in [-0.15, -0.1) is 0 Å². The van der Waals surface area contributed by atoms with Gasteiger partial charge in [0.1, 0.15) is 5.82 Å². The predicted octanol–water partition coefficient (Wildman–Crippen LogP) is 2.21. The van der Waals surface area contributed by atoms with Gasteiger partial charge in [-0.2, -0.15) is 4.39 Å². The summed E-state index contributed by atoms with van der Waals surface area (Å²) < 4.78 is 12.8. The van der Waals surface area contributed by atoms with Crippen molar-refractivity contribution in [3.8, 4) is 0 Å². The zero-order valence-electron chi connectivity index (χ0n) is 7.70. The molecule has 0 bridgehead atoms. The summed E-state index contributed by atoms with van der Waals surface area (Å²) in [6.45, 7) is 3.15. The van der Waals surface area contributed by atoms with Crippen LogP contribution in [0.4, 0.5) is 10.2 Å². The van der Waals surface area contributed by atoms with Crippen LogP contribution in [0.3, 0.4) is 0 Å². The third-order valence-corrected chi connectivity index (χ3v) is 2.55. The van der Waals surface area contributed by atoms with E-state index in [1.54, 1.807) is 6.07 Å². The SMILES string of the molecule is CC1CCCN1c1cccc(F)n1. The van der Waals surface area contributed by atoms with E-state index in [0.29, 0.717) is 6.04 Å². The molecule has 0 aromatic carbocycles. The molecular formula is C10H13FN2. The Labute approximate surface area is 77.4 Å². The number of pyridine rings is 1. The molecule has 0 aliphatic carbocycles. The van der Waals surface area contributed by atoms with Gasteiger partial charge in [-0.3, -0.25) is 0 Å². The normalized spacial score (nSPS) is 22.3. The molecule has 70 valence electrons. The molecule has 0 saturated carbocycles. The summed E-state index contributed by atoms with van der Waals surface area (Å²) in [5, 5.41) is 0. The van der Waals surface area contributed by atoms with Gasteiger partial charge in [0.2, 0.25) is 5.95 Å². The Morgan fingerprint density at radius 1 is 1.54 bits per heavy atom. The Morgan fingerprint density at radius 3 is 3.00 bits per heavy atom. The molecule has 1 aliphatic rings. The lowest BCUT2D eigenvalue weighted by Gasteiger charge is -2.22. The van der Waals surface area contributed by atoms with E-state index in [0.717, 1.165) is 12.4 Å². The van der Waals surface area contributed by atoms with E-state index in [9.17, 15) is 4.39 Å². The fourth-order valence-corrected chi connectivity index (χ4v) is 1.83. The molecule has 3 heteroatoms. The summed E-state index contributed by atoms with van der Waals surface area (Å²) in [4.78, 5) is 6.02. The molecule has 1 saturated heterocycles. The fourth-order valence-electron chi connectivity index (χ4n) is 1.83. The minimum Gasteiger partial charge on any atom is -0.354 e. The largest absolute Gasteiger partial charge is 0.354 e. The van der Waals surface area contributed by atoms with Crippen LogP contribution >= 0.6 is 0 Å². The number of hydrogen-bond donors (Lipinski definition) is 0. The van der Waals surface area contributed by atoms with Gasteiger partial charge in [0.15, 0.2) is 0 Å². The zero-order chi connectivity index (χ0) is 9.26. The minimum absolute atomic E-state index is 0.392. The third-order valence-electron chi connectivity index (χ3n) is 2.55. The van der Waals surface area contributed by atoms with Crippen LogP contribution in [0.15, 0.2) is 18.2 Å². The lowest BCUT2D eigenvalue weighted by Crippen LogP contribution is -2.27. The second-order valence-corrected chi connectivity index (χ2v) is 3.50. The first-order valence-electron chi connectivity index (χ1n) is 4.66.